The number of hydrogen-bond acceptors (Lipinski definition) is 5. The molecule has 2 heterocycles. The minimum Gasteiger partial charge on any atom is -0.466 e. The van der Waals surface area contributed by atoms with Crippen LogP contribution in [0.3, 0.4) is 0 Å². The van der Waals surface area contributed by atoms with Crippen molar-refractivity contribution in [1.29, 1.82) is 0 Å². The van der Waals surface area contributed by atoms with E-state index in [2.05, 4.69) is 26.9 Å². The molecule has 7 nitrogen and oxygen atoms in total. The molecule has 2 aromatic heterocycles. The van der Waals surface area contributed by atoms with Gasteiger partial charge >= 0.3 is 5.97 Å². The molecule has 0 aliphatic carbocycles. The first-order valence-corrected chi connectivity index (χ1v) is 5.87. The lowest BCUT2D eigenvalue weighted by molar-refractivity contribution is -0.142. The topological polar surface area (TPSA) is 85.7 Å². The van der Waals surface area contributed by atoms with Gasteiger partial charge in [0, 0.05) is 12.6 Å². The number of carbonyl (C=O) groups excluding carboxylic acids is 1. The van der Waals surface area contributed by atoms with Crippen molar-refractivity contribution < 1.29 is 9.53 Å². The van der Waals surface area contributed by atoms with Crippen LogP contribution in [0.1, 0.15) is 18.3 Å². The van der Waals surface area contributed by atoms with Crippen molar-refractivity contribution in [1.82, 2.24) is 25.0 Å². The summed E-state index contributed by atoms with van der Waals surface area (Å²) >= 11 is 0. The van der Waals surface area contributed by atoms with E-state index in [4.69, 9.17) is 4.74 Å². The largest absolute Gasteiger partial charge is 0.466 e. The normalized spacial score (nSPS) is 10.4. The van der Waals surface area contributed by atoms with Crippen LogP contribution in [0.5, 0.6) is 0 Å². The molecule has 2 rings (SSSR count). The minimum absolute atomic E-state index is 0.0715. The molecular weight excluding hydrogens is 246 g/mol. The predicted molar refractivity (Wildman–Crippen MR) is 69.0 cm³/mol. The zero-order chi connectivity index (χ0) is 13.8. The lowest BCUT2D eigenvalue weighted by Crippen LogP contribution is -2.08. The van der Waals surface area contributed by atoms with Crippen LogP contribution in [0, 0.1) is 0 Å². The summed E-state index contributed by atoms with van der Waals surface area (Å²) in [6, 6.07) is 0. The Labute approximate surface area is 110 Å². The van der Waals surface area contributed by atoms with Gasteiger partial charge in [-0.1, -0.05) is 12.7 Å². The van der Waals surface area contributed by atoms with E-state index in [0.29, 0.717) is 18.3 Å². The molecule has 0 spiro atoms. The Hall–Kier alpha value is -2.44. The maximum absolute atomic E-state index is 11.4. The zero-order valence-corrected chi connectivity index (χ0v) is 10.9. The Balaban J connectivity index is 2.23. The van der Waals surface area contributed by atoms with Crippen molar-refractivity contribution in [3.63, 3.8) is 0 Å². The Kier molecular flexibility index (Phi) is 3.74. The second-order valence-corrected chi connectivity index (χ2v) is 3.86. The monoisotopic (exact) mass is 261 g/mol. The first kappa shape index (κ1) is 13.0. The number of hydrogen-bond donors (Lipinski definition) is 1. The van der Waals surface area contributed by atoms with Gasteiger partial charge in [-0.15, -0.1) is 0 Å². The summed E-state index contributed by atoms with van der Waals surface area (Å²) in [5.41, 5.74) is 1.59. The van der Waals surface area contributed by atoms with E-state index in [1.54, 1.807) is 30.9 Å². The van der Waals surface area contributed by atoms with Gasteiger partial charge < -0.3 is 4.74 Å². The van der Waals surface area contributed by atoms with Crippen molar-refractivity contribution in [2.24, 2.45) is 7.05 Å². The first-order chi connectivity index (χ1) is 9.15. The summed E-state index contributed by atoms with van der Waals surface area (Å²) in [5.74, 6) is 0.609. The second kappa shape index (κ2) is 5.47. The van der Waals surface area contributed by atoms with Gasteiger partial charge in [-0.3, -0.25) is 14.6 Å². The number of ether oxygens (including phenoxy) is 1. The van der Waals surface area contributed by atoms with Gasteiger partial charge in [-0.25, -0.2) is 4.98 Å². The summed E-state index contributed by atoms with van der Waals surface area (Å²) in [7, 11) is 1.80. The van der Waals surface area contributed by atoms with Crippen LogP contribution in [0.15, 0.2) is 12.8 Å². The minimum atomic E-state index is -0.334. The number of nitrogens with one attached hydrogen (secondary N) is 1. The number of carbonyl (C=O) groups is 1. The standard InChI is InChI=1S/C12H15N5O2/c1-4-8-7-13-17(3)11(8)12-14-9(15-16-12)6-10(18)19-5-2/h4,7H,1,5-6H2,2-3H3,(H,14,15,16). The van der Waals surface area contributed by atoms with Crippen LogP contribution in [0.2, 0.25) is 0 Å². The van der Waals surface area contributed by atoms with Crippen molar-refractivity contribution in [2.45, 2.75) is 13.3 Å². The highest BCUT2D eigenvalue weighted by molar-refractivity contribution is 5.72. The summed E-state index contributed by atoms with van der Waals surface area (Å²) in [5, 5.41) is 10.9. The van der Waals surface area contributed by atoms with Gasteiger partial charge in [0.15, 0.2) is 5.82 Å². The lowest BCUT2D eigenvalue weighted by atomic mass is 10.2. The SMILES string of the molecule is C=Cc1cnn(C)c1-c1n[nH]c(CC(=O)OCC)n1. The molecule has 0 bridgehead atoms. The third-order valence-electron chi connectivity index (χ3n) is 2.55. The Morgan fingerprint density at radius 3 is 3.11 bits per heavy atom. The van der Waals surface area contributed by atoms with Crippen LogP contribution < -0.4 is 0 Å². The van der Waals surface area contributed by atoms with Crippen molar-refractivity contribution in [3.05, 3.63) is 24.2 Å². The van der Waals surface area contributed by atoms with Crippen molar-refractivity contribution in [3.8, 4) is 11.5 Å². The molecule has 19 heavy (non-hydrogen) atoms. The fraction of sp³-hybridized carbons (Fsp3) is 0.333. The Morgan fingerprint density at radius 2 is 2.42 bits per heavy atom. The highest BCUT2D eigenvalue weighted by Gasteiger charge is 2.15. The fourth-order valence-electron chi connectivity index (χ4n) is 1.71. The van der Waals surface area contributed by atoms with Crippen LogP contribution >= 0.6 is 0 Å². The second-order valence-electron chi connectivity index (χ2n) is 3.86. The summed E-state index contributed by atoms with van der Waals surface area (Å²) < 4.78 is 6.52. The van der Waals surface area contributed by atoms with Gasteiger partial charge in [-0.2, -0.15) is 10.2 Å². The average Bonchev–Trinajstić information content (AvgIpc) is 2.95. The highest BCUT2D eigenvalue weighted by Crippen LogP contribution is 2.20. The molecule has 0 aromatic carbocycles. The van der Waals surface area contributed by atoms with Gasteiger partial charge in [0.1, 0.15) is 17.9 Å². The molecule has 0 radical (unpaired) electrons. The summed E-state index contributed by atoms with van der Waals surface area (Å²) in [4.78, 5) is 15.6. The maximum atomic E-state index is 11.4. The van der Waals surface area contributed by atoms with Gasteiger partial charge in [0.05, 0.1) is 12.8 Å². The molecule has 0 saturated heterocycles. The number of esters is 1. The Bertz CT molecular complexity index is 599. The first-order valence-electron chi connectivity index (χ1n) is 5.87. The van der Waals surface area contributed by atoms with Crippen molar-refractivity contribution in [2.75, 3.05) is 6.61 Å². The number of rotatable bonds is 5. The highest BCUT2D eigenvalue weighted by atomic mass is 16.5. The van der Waals surface area contributed by atoms with E-state index in [1.807, 2.05) is 0 Å². The number of H-pyrrole nitrogens is 1. The summed E-state index contributed by atoms with van der Waals surface area (Å²) in [6.07, 6.45) is 3.44. The van der Waals surface area contributed by atoms with E-state index in [-0.39, 0.29) is 12.4 Å². The number of nitrogens with zero attached hydrogens (tertiary/aromatic N) is 4. The smallest absolute Gasteiger partial charge is 0.313 e. The van der Waals surface area contributed by atoms with E-state index < -0.39 is 0 Å². The summed E-state index contributed by atoms with van der Waals surface area (Å²) in [6.45, 7) is 5.83. The molecule has 0 aliphatic rings. The molecule has 2 aromatic rings. The zero-order valence-electron chi connectivity index (χ0n) is 10.9. The fourth-order valence-corrected chi connectivity index (χ4v) is 1.71. The quantitative estimate of drug-likeness (QED) is 0.810. The van der Waals surface area contributed by atoms with Crippen LogP contribution in [-0.2, 0) is 23.0 Å². The number of aromatic amines is 1. The van der Waals surface area contributed by atoms with Crippen molar-refractivity contribution >= 4 is 12.0 Å². The molecule has 0 aliphatic heterocycles. The third kappa shape index (κ3) is 2.70. The third-order valence-corrected chi connectivity index (χ3v) is 2.55. The molecule has 7 heteroatoms. The van der Waals surface area contributed by atoms with E-state index in [9.17, 15) is 4.79 Å². The van der Waals surface area contributed by atoms with Gasteiger partial charge in [-0.05, 0) is 6.92 Å². The number of aromatic nitrogens is 5. The molecule has 100 valence electrons. The molecule has 0 amide bonds. The van der Waals surface area contributed by atoms with Gasteiger partial charge in [0.25, 0.3) is 0 Å². The predicted octanol–water partition coefficient (Wildman–Crippen LogP) is 0.954. The lowest BCUT2D eigenvalue weighted by Gasteiger charge is -1.98. The van der Waals surface area contributed by atoms with E-state index in [0.717, 1.165) is 11.3 Å². The van der Waals surface area contributed by atoms with Crippen LogP contribution in [0.4, 0.5) is 0 Å². The Morgan fingerprint density at radius 1 is 1.63 bits per heavy atom. The van der Waals surface area contributed by atoms with Gasteiger partial charge in [0.2, 0.25) is 0 Å². The molecule has 0 atom stereocenters. The molecular formula is C12H15N5O2. The van der Waals surface area contributed by atoms with E-state index in [1.165, 1.54) is 0 Å². The molecule has 0 unspecified atom stereocenters. The van der Waals surface area contributed by atoms with E-state index >= 15 is 0 Å². The van der Waals surface area contributed by atoms with Crippen LogP contribution in [-0.4, -0.2) is 37.5 Å². The molecule has 0 saturated carbocycles. The molecule has 1 N–H and O–H groups in total. The molecule has 0 fully saturated rings. The maximum Gasteiger partial charge on any atom is 0.313 e. The average molecular weight is 261 g/mol. The van der Waals surface area contributed by atoms with Crippen LogP contribution in [0.25, 0.3) is 17.6 Å². The number of aryl methyl sites for hydroxylation is 1.